The van der Waals surface area contributed by atoms with Gasteiger partial charge in [-0.3, -0.25) is 0 Å². The van der Waals surface area contributed by atoms with Crippen LogP contribution in [-0.2, 0) is 5.41 Å². The van der Waals surface area contributed by atoms with Crippen molar-refractivity contribution in [2.45, 2.75) is 19.3 Å². The highest BCUT2D eigenvalue weighted by Gasteiger charge is 2.36. The number of hydrogen-bond donors (Lipinski definition) is 0. The summed E-state index contributed by atoms with van der Waals surface area (Å²) in [6, 6.07) is 74.3. The fourth-order valence-corrected chi connectivity index (χ4v) is 9.32. The smallest absolute Gasteiger partial charge is 0.160 e. The predicted molar refractivity (Wildman–Crippen MR) is 247 cm³/mol. The van der Waals surface area contributed by atoms with Gasteiger partial charge < -0.3 is 0 Å². The van der Waals surface area contributed by atoms with Gasteiger partial charge in [0.05, 0.1) is 11.4 Å². The minimum absolute atomic E-state index is 0.123. The second-order valence-electron chi connectivity index (χ2n) is 16.1. The Morgan fingerprint density at radius 2 is 0.864 bits per heavy atom. The molecule has 0 saturated heterocycles. The fraction of sp³-hybridized carbons (Fsp3) is 0.0526. The lowest BCUT2D eigenvalue weighted by atomic mass is 9.81. The highest BCUT2D eigenvalue weighted by atomic mass is 14.9. The summed E-state index contributed by atoms with van der Waals surface area (Å²) in [6.45, 7) is 4.74. The number of nitrogens with zero attached hydrogens (tertiary/aromatic N) is 2. The summed E-state index contributed by atoms with van der Waals surface area (Å²) >= 11 is 0. The van der Waals surface area contributed by atoms with Crippen LogP contribution in [0.3, 0.4) is 0 Å². The zero-order chi connectivity index (χ0) is 39.5. The van der Waals surface area contributed by atoms with Crippen molar-refractivity contribution in [1.29, 1.82) is 0 Å². The molecule has 1 aromatic heterocycles. The summed E-state index contributed by atoms with van der Waals surface area (Å²) in [5.74, 6) is 0.698. The quantitative estimate of drug-likeness (QED) is 0.169. The lowest BCUT2D eigenvalue weighted by Gasteiger charge is -2.22. The standard InChI is InChI=1S/C57H40N2/c1-57(2)51-33-28-39-20-12-13-23-45(39)55(51)49-30-27-42(35-52(49)57)44-31-32-48(47-25-15-14-24-46(44)47)53-36-54(59-56(58-53)40-21-10-5-11-22-40)50-34-41(37-16-6-3-7-17-37)26-29-43(50)38-18-8-4-9-19-38/h3-36H,1-2H3. The van der Waals surface area contributed by atoms with E-state index in [1.54, 1.807) is 0 Å². The van der Waals surface area contributed by atoms with Crippen molar-refractivity contribution in [3.05, 3.63) is 217 Å². The Bertz CT molecular complexity index is 3220. The van der Waals surface area contributed by atoms with Crippen LogP contribution in [0.5, 0.6) is 0 Å². The number of hydrogen-bond acceptors (Lipinski definition) is 2. The van der Waals surface area contributed by atoms with E-state index in [9.17, 15) is 0 Å². The first-order chi connectivity index (χ1) is 29.0. The summed E-state index contributed by atoms with van der Waals surface area (Å²) in [4.78, 5) is 10.7. The van der Waals surface area contributed by atoms with Crippen molar-refractivity contribution in [3.8, 4) is 78.4 Å². The third-order valence-corrected chi connectivity index (χ3v) is 12.3. The van der Waals surface area contributed by atoms with Crippen LogP contribution < -0.4 is 0 Å². The van der Waals surface area contributed by atoms with Crippen LogP contribution in [0.2, 0.25) is 0 Å². The van der Waals surface area contributed by atoms with Gasteiger partial charge in [-0.15, -0.1) is 0 Å². The summed E-state index contributed by atoms with van der Waals surface area (Å²) in [6.07, 6.45) is 0. The first-order valence-electron chi connectivity index (χ1n) is 20.4. The Balaban J connectivity index is 1.09. The van der Waals surface area contributed by atoms with Crippen molar-refractivity contribution < 1.29 is 0 Å². The van der Waals surface area contributed by atoms with Crippen LogP contribution in [0.15, 0.2) is 206 Å². The summed E-state index contributed by atoms with van der Waals surface area (Å²) in [7, 11) is 0. The predicted octanol–water partition coefficient (Wildman–Crippen LogP) is 15.1. The van der Waals surface area contributed by atoms with Gasteiger partial charge in [0.25, 0.3) is 0 Å². The molecule has 0 radical (unpaired) electrons. The van der Waals surface area contributed by atoms with Gasteiger partial charge in [0.1, 0.15) is 0 Å². The molecule has 1 heterocycles. The maximum Gasteiger partial charge on any atom is 0.160 e. The number of aromatic nitrogens is 2. The second-order valence-corrected chi connectivity index (χ2v) is 16.1. The Morgan fingerprint density at radius 3 is 1.59 bits per heavy atom. The third kappa shape index (κ3) is 5.87. The molecule has 0 unspecified atom stereocenters. The summed E-state index contributed by atoms with van der Waals surface area (Å²) in [5, 5.41) is 4.95. The average Bonchev–Trinajstić information content (AvgIpc) is 3.54. The molecular weight excluding hydrogens is 713 g/mol. The Morgan fingerprint density at radius 1 is 0.322 bits per heavy atom. The molecule has 1 aliphatic rings. The van der Waals surface area contributed by atoms with Gasteiger partial charge in [-0.05, 0) is 95.4 Å². The van der Waals surface area contributed by atoms with Crippen molar-refractivity contribution in [2.75, 3.05) is 0 Å². The molecule has 0 spiro atoms. The van der Waals surface area contributed by atoms with Gasteiger partial charge in [0.2, 0.25) is 0 Å². The topological polar surface area (TPSA) is 25.8 Å². The van der Waals surface area contributed by atoms with Crippen LogP contribution >= 0.6 is 0 Å². The molecule has 0 saturated carbocycles. The molecule has 0 aliphatic heterocycles. The van der Waals surface area contributed by atoms with E-state index in [-0.39, 0.29) is 5.41 Å². The van der Waals surface area contributed by atoms with Crippen molar-refractivity contribution in [3.63, 3.8) is 0 Å². The SMILES string of the molecule is CC1(C)c2cc(-c3ccc(-c4cc(-c5cc(-c6ccccc6)ccc5-c5ccccc5)nc(-c5ccccc5)n4)c4ccccc34)ccc2-c2c1ccc1ccccc21. The molecule has 0 amide bonds. The summed E-state index contributed by atoms with van der Waals surface area (Å²) in [5.41, 5.74) is 17.2. The van der Waals surface area contributed by atoms with E-state index in [0.29, 0.717) is 5.82 Å². The molecular formula is C57H40N2. The fourth-order valence-electron chi connectivity index (χ4n) is 9.32. The van der Waals surface area contributed by atoms with Gasteiger partial charge >= 0.3 is 0 Å². The van der Waals surface area contributed by atoms with Crippen LogP contribution in [0.1, 0.15) is 25.0 Å². The highest BCUT2D eigenvalue weighted by Crippen LogP contribution is 2.52. The van der Waals surface area contributed by atoms with Crippen molar-refractivity contribution in [2.24, 2.45) is 0 Å². The Labute approximate surface area is 345 Å². The molecule has 0 bridgehead atoms. The second kappa shape index (κ2) is 13.9. The Hall–Kier alpha value is -7.42. The molecule has 59 heavy (non-hydrogen) atoms. The van der Waals surface area contributed by atoms with E-state index < -0.39 is 0 Å². The van der Waals surface area contributed by atoms with Gasteiger partial charge in [-0.1, -0.05) is 202 Å². The molecule has 11 rings (SSSR count). The van der Waals surface area contributed by atoms with E-state index in [0.717, 1.165) is 50.2 Å². The van der Waals surface area contributed by atoms with Crippen LogP contribution in [0.4, 0.5) is 0 Å². The van der Waals surface area contributed by atoms with E-state index in [1.165, 1.54) is 55.1 Å². The highest BCUT2D eigenvalue weighted by molar-refractivity contribution is 6.07. The summed E-state index contributed by atoms with van der Waals surface area (Å²) < 4.78 is 0. The molecule has 278 valence electrons. The van der Waals surface area contributed by atoms with Gasteiger partial charge in [-0.25, -0.2) is 9.97 Å². The van der Waals surface area contributed by atoms with Gasteiger partial charge in [0.15, 0.2) is 5.82 Å². The third-order valence-electron chi connectivity index (χ3n) is 12.3. The van der Waals surface area contributed by atoms with Crippen LogP contribution in [0, 0.1) is 0 Å². The molecule has 2 heteroatoms. The van der Waals surface area contributed by atoms with E-state index >= 15 is 0 Å². The maximum absolute atomic E-state index is 5.34. The molecule has 10 aromatic rings. The molecule has 0 atom stereocenters. The number of fused-ring (bicyclic) bond motifs is 6. The maximum atomic E-state index is 5.34. The number of benzene rings is 9. The Kier molecular flexibility index (Phi) is 8.20. The van der Waals surface area contributed by atoms with Crippen molar-refractivity contribution in [1.82, 2.24) is 9.97 Å². The number of rotatable bonds is 6. The minimum Gasteiger partial charge on any atom is -0.228 e. The van der Waals surface area contributed by atoms with Crippen LogP contribution in [0.25, 0.3) is 100.0 Å². The van der Waals surface area contributed by atoms with Crippen molar-refractivity contribution >= 4 is 21.5 Å². The lowest BCUT2D eigenvalue weighted by Crippen LogP contribution is -2.15. The normalized spacial score (nSPS) is 12.7. The largest absolute Gasteiger partial charge is 0.228 e. The average molecular weight is 753 g/mol. The molecule has 9 aromatic carbocycles. The molecule has 1 aliphatic carbocycles. The van der Waals surface area contributed by atoms with E-state index in [4.69, 9.17) is 9.97 Å². The molecule has 0 fully saturated rings. The van der Waals surface area contributed by atoms with Crippen LogP contribution in [-0.4, -0.2) is 9.97 Å². The van der Waals surface area contributed by atoms with E-state index in [2.05, 4.69) is 214 Å². The lowest BCUT2D eigenvalue weighted by molar-refractivity contribution is 0.661. The first-order valence-corrected chi connectivity index (χ1v) is 20.4. The minimum atomic E-state index is -0.123. The molecule has 0 N–H and O–H groups in total. The zero-order valence-corrected chi connectivity index (χ0v) is 33.0. The van der Waals surface area contributed by atoms with Gasteiger partial charge in [0, 0.05) is 22.1 Å². The monoisotopic (exact) mass is 752 g/mol. The van der Waals surface area contributed by atoms with Gasteiger partial charge in [-0.2, -0.15) is 0 Å². The molecule has 2 nitrogen and oxygen atoms in total. The van der Waals surface area contributed by atoms with E-state index in [1.807, 2.05) is 6.07 Å². The zero-order valence-electron chi connectivity index (χ0n) is 33.0. The first kappa shape index (κ1) is 34.8.